The van der Waals surface area contributed by atoms with E-state index < -0.39 is 11.5 Å². The second-order valence-corrected chi connectivity index (χ2v) is 8.05. The molecule has 0 radical (unpaired) electrons. The lowest BCUT2D eigenvalue weighted by Crippen LogP contribution is -2.43. The molecule has 0 atom stereocenters. The summed E-state index contributed by atoms with van der Waals surface area (Å²) in [5.41, 5.74) is 0.289. The summed E-state index contributed by atoms with van der Waals surface area (Å²) in [7, 11) is 0. The van der Waals surface area contributed by atoms with E-state index in [2.05, 4.69) is 10.6 Å². The first kappa shape index (κ1) is 20.7. The lowest BCUT2D eigenvalue weighted by molar-refractivity contribution is -0.137. The predicted octanol–water partition coefficient (Wildman–Crippen LogP) is 2.84. The smallest absolute Gasteiger partial charge is 0.303 e. The topological polar surface area (TPSA) is 95.5 Å². The molecule has 0 saturated carbocycles. The second-order valence-electron chi connectivity index (χ2n) is 8.05. The molecule has 2 amide bonds. The Hall–Kier alpha value is -2.37. The Bertz CT molecular complexity index is 628. The Balaban J connectivity index is 2.67. The van der Waals surface area contributed by atoms with Gasteiger partial charge in [0.25, 0.3) is 11.8 Å². The molecule has 0 aliphatic carbocycles. The number of amides is 2. The van der Waals surface area contributed by atoms with Gasteiger partial charge >= 0.3 is 5.97 Å². The molecule has 0 heterocycles. The minimum Gasteiger partial charge on any atom is -0.481 e. The van der Waals surface area contributed by atoms with Gasteiger partial charge in [0.15, 0.2) is 0 Å². The normalized spacial score (nSPS) is 11.7. The van der Waals surface area contributed by atoms with E-state index in [1.807, 2.05) is 20.8 Å². The molecule has 0 bridgehead atoms. The SMILES string of the molecule is CC(C)(C)CNC(=O)c1ccc(C(=O)NC(C)(C)CCC(=O)O)cc1. The Labute approximate surface area is 149 Å². The minimum absolute atomic E-state index is 0.00296. The third-order valence-electron chi connectivity index (χ3n) is 3.60. The van der Waals surface area contributed by atoms with Gasteiger partial charge in [-0.15, -0.1) is 0 Å². The van der Waals surface area contributed by atoms with Gasteiger partial charge in [-0.25, -0.2) is 0 Å². The van der Waals surface area contributed by atoms with Gasteiger partial charge in [-0.1, -0.05) is 20.8 Å². The van der Waals surface area contributed by atoms with Crippen molar-refractivity contribution in [3.05, 3.63) is 35.4 Å². The van der Waals surface area contributed by atoms with Crippen molar-refractivity contribution >= 4 is 17.8 Å². The molecule has 138 valence electrons. The molecule has 0 aromatic heterocycles. The molecule has 0 spiro atoms. The van der Waals surface area contributed by atoms with Gasteiger partial charge in [0.2, 0.25) is 0 Å². The zero-order valence-electron chi connectivity index (χ0n) is 15.6. The molecule has 0 saturated heterocycles. The average Bonchev–Trinajstić information content (AvgIpc) is 2.50. The fourth-order valence-corrected chi connectivity index (χ4v) is 2.08. The van der Waals surface area contributed by atoms with E-state index >= 15 is 0 Å². The maximum Gasteiger partial charge on any atom is 0.303 e. The van der Waals surface area contributed by atoms with E-state index in [1.54, 1.807) is 38.1 Å². The van der Waals surface area contributed by atoms with Crippen LogP contribution in [0, 0.1) is 5.41 Å². The van der Waals surface area contributed by atoms with Crippen LogP contribution >= 0.6 is 0 Å². The van der Waals surface area contributed by atoms with Crippen LogP contribution in [-0.2, 0) is 4.79 Å². The molecule has 1 aromatic rings. The molecule has 3 N–H and O–H groups in total. The molecule has 0 unspecified atom stereocenters. The number of nitrogens with one attached hydrogen (secondary N) is 2. The number of carbonyl (C=O) groups is 3. The van der Waals surface area contributed by atoms with Crippen LogP contribution in [0.3, 0.4) is 0 Å². The quantitative estimate of drug-likeness (QED) is 0.706. The van der Waals surface area contributed by atoms with E-state index in [9.17, 15) is 14.4 Å². The molecule has 0 fully saturated rings. The van der Waals surface area contributed by atoms with Crippen molar-refractivity contribution in [2.75, 3.05) is 6.54 Å². The van der Waals surface area contributed by atoms with Crippen LogP contribution < -0.4 is 10.6 Å². The molecule has 6 heteroatoms. The summed E-state index contributed by atoms with van der Waals surface area (Å²) in [6, 6.07) is 6.40. The van der Waals surface area contributed by atoms with Crippen LogP contribution in [0.1, 0.15) is 68.2 Å². The summed E-state index contributed by atoms with van der Waals surface area (Å²) >= 11 is 0. The Morgan fingerprint density at radius 2 is 1.40 bits per heavy atom. The molecule has 1 rings (SSSR count). The number of carboxylic acids is 1. The van der Waals surface area contributed by atoms with Crippen LogP contribution in [0.2, 0.25) is 0 Å². The monoisotopic (exact) mass is 348 g/mol. The second kappa shape index (κ2) is 8.14. The largest absolute Gasteiger partial charge is 0.481 e. The zero-order valence-corrected chi connectivity index (χ0v) is 15.6. The summed E-state index contributed by atoms with van der Waals surface area (Å²) in [5.74, 6) is -1.37. The molecular formula is C19H28N2O4. The molecular weight excluding hydrogens is 320 g/mol. The summed E-state index contributed by atoms with van der Waals surface area (Å²) in [6.45, 7) is 10.2. The number of carboxylic acid groups (broad SMARTS) is 1. The number of hydrogen-bond acceptors (Lipinski definition) is 3. The van der Waals surface area contributed by atoms with Crippen molar-refractivity contribution in [2.45, 2.75) is 53.0 Å². The summed E-state index contributed by atoms with van der Waals surface area (Å²) < 4.78 is 0. The number of aliphatic carboxylic acids is 1. The Morgan fingerprint density at radius 3 is 1.84 bits per heavy atom. The minimum atomic E-state index is -0.895. The van der Waals surface area contributed by atoms with Crippen LogP contribution in [0.4, 0.5) is 0 Å². The lowest BCUT2D eigenvalue weighted by Gasteiger charge is -2.25. The predicted molar refractivity (Wildman–Crippen MR) is 96.6 cm³/mol. The highest BCUT2D eigenvalue weighted by Crippen LogP contribution is 2.14. The van der Waals surface area contributed by atoms with Crippen molar-refractivity contribution in [3.63, 3.8) is 0 Å². The first-order valence-electron chi connectivity index (χ1n) is 8.32. The van der Waals surface area contributed by atoms with Gasteiger partial charge in [0.1, 0.15) is 0 Å². The van der Waals surface area contributed by atoms with Crippen molar-refractivity contribution < 1.29 is 19.5 Å². The first-order chi connectivity index (χ1) is 11.4. The first-order valence-corrected chi connectivity index (χ1v) is 8.32. The molecule has 0 aliphatic heterocycles. The van der Waals surface area contributed by atoms with Gasteiger partial charge in [-0.05, 0) is 49.9 Å². The maximum atomic E-state index is 12.3. The van der Waals surface area contributed by atoms with Gasteiger partial charge in [-0.3, -0.25) is 14.4 Å². The molecule has 6 nitrogen and oxygen atoms in total. The van der Waals surface area contributed by atoms with E-state index in [4.69, 9.17) is 5.11 Å². The highest BCUT2D eigenvalue weighted by Gasteiger charge is 2.22. The van der Waals surface area contributed by atoms with E-state index in [0.717, 1.165) is 0 Å². The van der Waals surface area contributed by atoms with Gasteiger partial charge in [0, 0.05) is 29.6 Å². The third-order valence-corrected chi connectivity index (χ3v) is 3.60. The number of rotatable bonds is 7. The molecule has 25 heavy (non-hydrogen) atoms. The van der Waals surface area contributed by atoms with Gasteiger partial charge in [-0.2, -0.15) is 0 Å². The van der Waals surface area contributed by atoms with Gasteiger partial charge in [0.05, 0.1) is 0 Å². The van der Waals surface area contributed by atoms with E-state index in [-0.39, 0.29) is 23.7 Å². The third kappa shape index (κ3) is 7.83. The van der Waals surface area contributed by atoms with Crippen LogP contribution in [0.5, 0.6) is 0 Å². The van der Waals surface area contributed by atoms with Crippen molar-refractivity contribution in [1.29, 1.82) is 0 Å². The fourth-order valence-electron chi connectivity index (χ4n) is 2.08. The fraction of sp³-hybridized carbons (Fsp3) is 0.526. The van der Waals surface area contributed by atoms with Crippen LogP contribution in [-0.4, -0.2) is 35.0 Å². The summed E-state index contributed by atoms with van der Waals surface area (Å²) in [4.78, 5) is 35.0. The van der Waals surface area contributed by atoms with Crippen molar-refractivity contribution in [2.24, 2.45) is 5.41 Å². The maximum absolute atomic E-state index is 12.3. The summed E-state index contributed by atoms with van der Waals surface area (Å²) in [6.07, 6.45) is 0.321. The highest BCUT2D eigenvalue weighted by atomic mass is 16.4. The highest BCUT2D eigenvalue weighted by molar-refractivity contribution is 5.98. The van der Waals surface area contributed by atoms with Crippen molar-refractivity contribution in [1.82, 2.24) is 10.6 Å². The Kier molecular flexibility index (Phi) is 6.73. The van der Waals surface area contributed by atoms with E-state index in [0.29, 0.717) is 24.1 Å². The number of hydrogen-bond donors (Lipinski definition) is 3. The van der Waals surface area contributed by atoms with E-state index in [1.165, 1.54) is 0 Å². The zero-order chi connectivity index (χ0) is 19.3. The number of carbonyl (C=O) groups excluding carboxylic acids is 2. The summed E-state index contributed by atoms with van der Waals surface area (Å²) in [5, 5.41) is 14.4. The Morgan fingerprint density at radius 1 is 0.920 bits per heavy atom. The molecule has 0 aliphatic rings. The average molecular weight is 348 g/mol. The standard InChI is InChI=1S/C19H28N2O4/c1-18(2,3)12-20-16(24)13-6-8-14(9-7-13)17(25)21-19(4,5)11-10-15(22)23/h6-9H,10-12H2,1-5H3,(H,20,24)(H,21,25)(H,22,23). The van der Waals surface area contributed by atoms with Gasteiger partial charge < -0.3 is 15.7 Å². The van der Waals surface area contributed by atoms with Crippen molar-refractivity contribution in [3.8, 4) is 0 Å². The number of benzene rings is 1. The van der Waals surface area contributed by atoms with Crippen LogP contribution in [0.25, 0.3) is 0 Å². The lowest BCUT2D eigenvalue weighted by atomic mass is 9.96. The van der Waals surface area contributed by atoms with Crippen LogP contribution in [0.15, 0.2) is 24.3 Å². The molecule has 1 aromatic carbocycles.